The minimum absolute atomic E-state index is 0.0466. The van der Waals surface area contributed by atoms with Crippen LogP contribution in [0.15, 0.2) is 84.9 Å². The lowest BCUT2D eigenvalue weighted by molar-refractivity contribution is -0.125. The van der Waals surface area contributed by atoms with Crippen LogP contribution in [0, 0.1) is 0 Å². The number of carbonyl (C=O) groups excluding carboxylic acids is 3. The van der Waals surface area contributed by atoms with Gasteiger partial charge in [0.2, 0.25) is 5.91 Å². The monoisotopic (exact) mass is 441 g/mol. The number of carbonyl (C=O) groups is 3. The van der Waals surface area contributed by atoms with Gasteiger partial charge in [0.1, 0.15) is 6.04 Å². The molecular weight excluding hydrogens is 414 g/mol. The molecule has 1 heterocycles. The van der Waals surface area contributed by atoms with Crippen LogP contribution in [0.1, 0.15) is 37.9 Å². The fourth-order valence-corrected chi connectivity index (χ4v) is 4.22. The fraction of sp³-hybridized carbons (Fsp3) is 0.222. The third-order valence-corrected chi connectivity index (χ3v) is 5.99. The van der Waals surface area contributed by atoms with Gasteiger partial charge in [-0.2, -0.15) is 0 Å². The Labute approximate surface area is 193 Å². The number of fused-ring (bicyclic) bond motifs is 1. The Balaban J connectivity index is 1.59. The molecule has 1 aliphatic rings. The molecule has 1 N–H and O–H groups in total. The lowest BCUT2D eigenvalue weighted by Crippen LogP contribution is -2.51. The Morgan fingerprint density at radius 2 is 1.33 bits per heavy atom. The lowest BCUT2D eigenvalue weighted by atomic mass is 10.0. The summed E-state index contributed by atoms with van der Waals surface area (Å²) in [6.45, 7) is 0.351. The number of imide groups is 1. The van der Waals surface area contributed by atoms with E-state index in [1.807, 2.05) is 79.7 Å². The quantitative estimate of drug-likeness (QED) is 0.545. The van der Waals surface area contributed by atoms with Crippen LogP contribution in [0.2, 0.25) is 0 Å². The fourth-order valence-electron chi connectivity index (χ4n) is 4.22. The number of likely N-dealkylation sites (N-methyl/N-ethyl adjacent to an activating group) is 1. The first-order valence-electron chi connectivity index (χ1n) is 11.0. The predicted octanol–water partition coefficient (Wildman–Crippen LogP) is 3.31. The van der Waals surface area contributed by atoms with Crippen molar-refractivity contribution in [1.82, 2.24) is 15.1 Å². The molecule has 3 amide bonds. The van der Waals surface area contributed by atoms with Crippen LogP contribution < -0.4 is 5.32 Å². The van der Waals surface area contributed by atoms with Crippen molar-refractivity contribution in [2.75, 3.05) is 20.6 Å². The van der Waals surface area contributed by atoms with Gasteiger partial charge in [-0.15, -0.1) is 0 Å². The summed E-state index contributed by atoms with van der Waals surface area (Å²) >= 11 is 0. The van der Waals surface area contributed by atoms with Crippen LogP contribution in [0.5, 0.6) is 0 Å². The van der Waals surface area contributed by atoms with Gasteiger partial charge in [-0.1, -0.05) is 72.8 Å². The van der Waals surface area contributed by atoms with Crippen molar-refractivity contribution in [1.29, 1.82) is 0 Å². The predicted molar refractivity (Wildman–Crippen MR) is 127 cm³/mol. The van der Waals surface area contributed by atoms with Gasteiger partial charge < -0.3 is 10.2 Å². The van der Waals surface area contributed by atoms with Crippen LogP contribution in [0.25, 0.3) is 0 Å². The molecule has 2 unspecified atom stereocenters. The number of rotatable bonds is 8. The molecule has 2 atom stereocenters. The Morgan fingerprint density at radius 3 is 1.88 bits per heavy atom. The highest BCUT2D eigenvalue weighted by Gasteiger charge is 2.42. The highest BCUT2D eigenvalue weighted by molar-refractivity contribution is 6.22. The normalized spacial score (nSPS) is 14.8. The van der Waals surface area contributed by atoms with E-state index in [9.17, 15) is 14.4 Å². The molecule has 0 bridgehead atoms. The molecule has 168 valence electrons. The Kier molecular flexibility index (Phi) is 6.66. The van der Waals surface area contributed by atoms with E-state index in [0.29, 0.717) is 17.7 Å². The van der Waals surface area contributed by atoms with Gasteiger partial charge in [0.25, 0.3) is 11.8 Å². The molecule has 0 aromatic heterocycles. The van der Waals surface area contributed by atoms with Crippen LogP contribution in [0.4, 0.5) is 0 Å². The van der Waals surface area contributed by atoms with E-state index in [4.69, 9.17) is 0 Å². The summed E-state index contributed by atoms with van der Waals surface area (Å²) in [6.07, 6.45) is 0.246. The maximum absolute atomic E-state index is 13.5. The molecule has 33 heavy (non-hydrogen) atoms. The minimum atomic E-state index is -0.946. The number of nitrogens with one attached hydrogen (secondary N) is 1. The second kappa shape index (κ2) is 9.79. The molecule has 0 fully saturated rings. The van der Waals surface area contributed by atoms with Crippen LogP contribution in [-0.4, -0.2) is 54.2 Å². The van der Waals surface area contributed by atoms with E-state index in [1.165, 1.54) is 0 Å². The molecule has 4 rings (SSSR count). The van der Waals surface area contributed by atoms with Crippen molar-refractivity contribution in [3.05, 3.63) is 107 Å². The molecule has 6 nitrogen and oxygen atoms in total. The Morgan fingerprint density at radius 1 is 0.818 bits per heavy atom. The summed E-state index contributed by atoms with van der Waals surface area (Å²) in [5.74, 6) is -1.21. The maximum Gasteiger partial charge on any atom is 0.262 e. The average molecular weight is 442 g/mol. The third-order valence-electron chi connectivity index (χ3n) is 5.99. The van der Waals surface area contributed by atoms with Crippen molar-refractivity contribution in [3.63, 3.8) is 0 Å². The van der Waals surface area contributed by atoms with Gasteiger partial charge in [-0.25, -0.2) is 0 Å². The number of nitrogens with zero attached hydrogens (tertiary/aromatic N) is 2. The zero-order valence-electron chi connectivity index (χ0n) is 18.8. The lowest BCUT2D eigenvalue weighted by Gasteiger charge is -2.29. The standard InChI is InChI=1S/C27H27N3O3/c1-29(2)24(20-13-7-4-8-14-20)18-28-25(31)23(17-19-11-5-3-6-12-19)30-26(32)21-15-9-10-16-22(21)27(30)33/h3-16,23-24H,17-18H2,1-2H3,(H,28,31). The van der Waals surface area contributed by atoms with Gasteiger partial charge >= 0.3 is 0 Å². The smallest absolute Gasteiger partial charge is 0.262 e. The topological polar surface area (TPSA) is 69.7 Å². The summed E-state index contributed by atoms with van der Waals surface area (Å²) in [5, 5.41) is 3.00. The summed E-state index contributed by atoms with van der Waals surface area (Å²) in [7, 11) is 3.91. The Bertz CT molecular complexity index is 1110. The molecular formula is C27H27N3O3. The second-order valence-electron chi connectivity index (χ2n) is 8.37. The largest absolute Gasteiger partial charge is 0.352 e. The first-order chi connectivity index (χ1) is 16.0. The van der Waals surface area contributed by atoms with Crippen LogP contribution in [-0.2, 0) is 11.2 Å². The van der Waals surface area contributed by atoms with Crippen molar-refractivity contribution >= 4 is 17.7 Å². The Hall–Kier alpha value is -3.77. The van der Waals surface area contributed by atoms with E-state index in [0.717, 1.165) is 16.0 Å². The van der Waals surface area contributed by atoms with Crippen molar-refractivity contribution < 1.29 is 14.4 Å². The highest BCUT2D eigenvalue weighted by atomic mass is 16.2. The van der Waals surface area contributed by atoms with Gasteiger partial charge in [0.15, 0.2) is 0 Å². The van der Waals surface area contributed by atoms with Crippen LogP contribution >= 0.6 is 0 Å². The van der Waals surface area contributed by atoms with Crippen LogP contribution in [0.3, 0.4) is 0 Å². The summed E-state index contributed by atoms with van der Waals surface area (Å²) in [4.78, 5) is 42.9. The summed E-state index contributed by atoms with van der Waals surface area (Å²) < 4.78 is 0. The van der Waals surface area contributed by atoms with Crippen molar-refractivity contribution in [2.45, 2.75) is 18.5 Å². The minimum Gasteiger partial charge on any atom is -0.352 e. The highest BCUT2D eigenvalue weighted by Crippen LogP contribution is 2.26. The molecule has 1 aliphatic heterocycles. The van der Waals surface area contributed by atoms with E-state index < -0.39 is 17.9 Å². The SMILES string of the molecule is CN(C)C(CNC(=O)C(Cc1ccccc1)N1C(=O)c2ccccc2C1=O)c1ccccc1. The second-order valence-corrected chi connectivity index (χ2v) is 8.37. The van der Waals surface area contributed by atoms with Crippen molar-refractivity contribution in [2.24, 2.45) is 0 Å². The molecule has 0 saturated carbocycles. The summed E-state index contributed by atoms with van der Waals surface area (Å²) in [5.41, 5.74) is 2.62. The molecule has 3 aromatic carbocycles. The van der Waals surface area contributed by atoms with Gasteiger partial charge in [-0.05, 0) is 37.4 Å². The molecule has 0 spiro atoms. The zero-order valence-corrected chi connectivity index (χ0v) is 18.8. The van der Waals surface area contributed by atoms with E-state index in [2.05, 4.69) is 5.32 Å². The summed E-state index contributed by atoms with van der Waals surface area (Å²) in [6, 6.07) is 25.1. The van der Waals surface area contributed by atoms with Gasteiger partial charge in [-0.3, -0.25) is 19.3 Å². The molecule has 0 saturated heterocycles. The van der Waals surface area contributed by atoms with Gasteiger partial charge in [0, 0.05) is 13.0 Å². The molecule has 0 radical (unpaired) electrons. The van der Waals surface area contributed by atoms with Gasteiger partial charge in [0.05, 0.1) is 17.2 Å². The number of amides is 3. The van der Waals surface area contributed by atoms with E-state index in [-0.39, 0.29) is 18.4 Å². The number of hydrogen-bond acceptors (Lipinski definition) is 4. The number of benzene rings is 3. The third kappa shape index (κ3) is 4.71. The first-order valence-corrected chi connectivity index (χ1v) is 11.0. The maximum atomic E-state index is 13.5. The molecule has 0 aliphatic carbocycles. The van der Waals surface area contributed by atoms with Crippen molar-refractivity contribution in [3.8, 4) is 0 Å². The number of hydrogen-bond donors (Lipinski definition) is 1. The average Bonchev–Trinajstić information content (AvgIpc) is 3.09. The first kappa shape index (κ1) is 22.4. The van der Waals surface area contributed by atoms with E-state index >= 15 is 0 Å². The zero-order chi connectivity index (χ0) is 23.4. The van der Waals surface area contributed by atoms with E-state index in [1.54, 1.807) is 24.3 Å². The molecule has 3 aromatic rings. The molecule has 6 heteroatoms.